The summed E-state index contributed by atoms with van der Waals surface area (Å²) >= 11 is 0. The average Bonchev–Trinajstić information content (AvgIpc) is 2.56. The number of benzene rings is 2. The first-order chi connectivity index (χ1) is 11.6. The van der Waals surface area contributed by atoms with Crippen LogP contribution in [0.4, 0.5) is 19.3 Å². The third-order valence-electron chi connectivity index (χ3n) is 3.35. The topological polar surface area (TPSA) is 50.4 Å². The fraction of sp³-hybridized carbons (Fsp3) is 0.278. The van der Waals surface area contributed by atoms with Gasteiger partial charge in [-0.05, 0) is 41.8 Å². The lowest BCUT2D eigenvalue weighted by molar-refractivity contribution is -0.0498. The fourth-order valence-corrected chi connectivity index (χ4v) is 2.19. The lowest BCUT2D eigenvalue weighted by atomic mass is 10.1. The molecule has 2 aromatic carbocycles. The largest absolute Gasteiger partial charge is 0.435 e. The van der Waals surface area contributed by atoms with E-state index in [1.165, 1.54) is 17.7 Å². The Bertz CT molecular complexity index is 643. The highest BCUT2D eigenvalue weighted by Crippen LogP contribution is 2.15. The highest BCUT2D eigenvalue weighted by atomic mass is 19.3. The Morgan fingerprint density at radius 3 is 2.25 bits per heavy atom. The summed E-state index contributed by atoms with van der Waals surface area (Å²) in [6.45, 7) is -0.441. The maximum Gasteiger partial charge on any atom is 0.387 e. The molecule has 24 heavy (non-hydrogen) atoms. The highest BCUT2D eigenvalue weighted by Gasteiger charge is 2.05. The molecule has 128 valence electrons. The van der Waals surface area contributed by atoms with Crippen molar-refractivity contribution in [1.29, 1.82) is 0 Å². The number of carbonyl (C=O) groups is 1. The predicted octanol–water partition coefficient (Wildman–Crippen LogP) is 4.56. The van der Waals surface area contributed by atoms with Gasteiger partial charge in [-0.25, -0.2) is 4.79 Å². The molecule has 0 aliphatic rings. The number of aryl methyl sites for hydroxylation is 1. The Morgan fingerprint density at radius 1 is 1.04 bits per heavy atom. The van der Waals surface area contributed by atoms with Gasteiger partial charge in [-0.2, -0.15) is 8.78 Å². The number of carbonyl (C=O) groups excluding carboxylic acids is 1. The first-order valence-electron chi connectivity index (χ1n) is 7.74. The van der Waals surface area contributed by atoms with Crippen molar-refractivity contribution in [3.63, 3.8) is 0 Å². The van der Waals surface area contributed by atoms with E-state index in [1.54, 1.807) is 12.1 Å². The lowest BCUT2D eigenvalue weighted by Crippen LogP contribution is -2.28. The highest BCUT2D eigenvalue weighted by molar-refractivity contribution is 5.89. The summed E-state index contributed by atoms with van der Waals surface area (Å²) < 4.78 is 28.4. The van der Waals surface area contributed by atoms with Crippen molar-refractivity contribution >= 4 is 11.7 Å². The van der Waals surface area contributed by atoms with Crippen molar-refractivity contribution in [1.82, 2.24) is 5.32 Å². The molecule has 0 radical (unpaired) electrons. The molecule has 0 aliphatic carbocycles. The molecule has 2 amide bonds. The van der Waals surface area contributed by atoms with E-state index in [4.69, 9.17) is 0 Å². The molecule has 0 fully saturated rings. The van der Waals surface area contributed by atoms with Crippen molar-refractivity contribution in [3.8, 4) is 5.75 Å². The van der Waals surface area contributed by atoms with Crippen molar-refractivity contribution in [2.45, 2.75) is 32.9 Å². The summed E-state index contributed by atoms with van der Waals surface area (Å²) in [5.41, 5.74) is 2.73. The molecule has 2 N–H and O–H groups in total. The Morgan fingerprint density at radius 2 is 1.67 bits per heavy atom. The molecule has 2 rings (SSSR count). The van der Waals surface area contributed by atoms with E-state index in [0.717, 1.165) is 18.4 Å². The minimum atomic E-state index is -2.84. The molecule has 0 aromatic heterocycles. The third kappa shape index (κ3) is 5.87. The van der Waals surface area contributed by atoms with Crippen LogP contribution in [-0.4, -0.2) is 12.6 Å². The minimum Gasteiger partial charge on any atom is -0.435 e. The predicted molar refractivity (Wildman–Crippen MR) is 89.4 cm³/mol. The van der Waals surface area contributed by atoms with E-state index >= 15 is 0 Å². The van der Waals surface area contributed by atoms with Crippen LogP contribution in [0.25, 0.3) is 0 Å². The van der Waals surface area contributed by atoms with Crippen LogP contribution < -0.4 is 15.4 Å². The monoisotopic (exact) mass is 334 g/mol. The van der Waals surface area contributed by atoms with Gasteiger partial charge in [-0.3, -0.25) is 0 Å². The van der Waals surface area contributed by atoms with Crippen molar-refractivity contribution in [2.75, 3.05) is 5.32 Å². The number of nitrogens with one attached hydrogen (secondary N) is 2. The number of alkyl halides is 2. The Balaban J connectivity index is 1.80. The lowest BCUT2D eigenvalue weighted by Gasteiger charge is -2.09. The van der Waals surface area contributed by atoms with Gasteiger partial charge in [-0.1, -0.05) is 37.6 Å². The van der Waals surface area contributed by atoms with Crippen LogP contribution in [-0.2, 0) is 13.0 Å². The van der Waals surface area contributed by atoms with Gasteiger partial charge < -0.3 is 15.4 Å². The number of ether oxygens (including phenoxy) is 1. The number of urea groups is 1. The second-order valence-electron chi connectivity index (χ2n) is 5.28. The summed E-state index contributed by atoms with van der Waals surface area (Å²) in [6, 6.07) is 13.5. The van der Waals surface area contributed by atoms with Gasteiger partial charge in [0, 0.05) is 12.2 Å². The van der Waals surface area contributed by atoms with Crippen LogP contribution in [0, 0.1) is 0 Å². The maximum absolute atomic E-state index is 12.1. The van der Waals surface area contributed by atoms with Crippen LogP contribution in [0.2, 0.25) is 0 Å². The van der Waals surface area contributed by atoms with Gasteiger partial charge in [0.05, 0.1) is 0 Å². The van der Waals surface area contributed by atoms with Crippen molar-refractivity contribution in [2.24, 2.45) is 0 Å². The molecule has 0 unspecified atom stereocenters. The number of anilines is 1. The molecule has 4 nitrogen and oxygen atoms in total. The van der Waals surface area contributed by atoms with Gasteiger partial charge in [0.15, 0.2) is 0 Å². The number of halogens is 2. The van der Waals surface area contributed by atoms with Crippen LogP contribution in [0.1, 0.15) is 24.5 Å². The summed E-state index contributed by atoms with van der Waals surface area (Å²) in [5.74, 6) is 0.0883. The minimum absolute atomic E-state index is 0.0883. The summed E-state index contributed by atoms with van der Waals surface area (Å²) in [5, 5.41) is 5.45. The molecule has 0 saturated carbocycles. The Kier molecular flexibility index (Phi) is 6.54. The fourth-order valence-electron chi connectivity index (χ4n) is 2.19. The van der Waals surface area contributed by atoms with E-state index in [9.17, 15) is 13.6 Å². The van der Waals surface area contributed by atoms with Crippen LogP contribution in [0.3, 0.4) is 0 Å². The van der Waals surface area contributed by atoms with Crippen LogP contribution >= 0.6 is 0 Å². The second-order valence-corrected chi connectivity index (χ2v) is 5.28. The maximum atomic E-state index is 12.1. The summed E-state index contributed by atoms with van der Waals surface area (Å²) in [6.07, 6.45) is 2.09. The molecule has 6 heteroatoms. The van der Waals surface area contributed by atoms with Gasteiger partial charge in [0.2, 0.25) is 0 Å². The van der Waals surface area contributed by atoms with Crippen molar-refractivity contribution in [3.05, 3.63) is 59.7 Å². The van der Waals surface area contributed by atoms with E-state index in [-0.39, 0.29) is 18.3 Å². The number of hydrogen-bond acceptors (Lipinski definition) is 2. The van der Waals surface area contributed by atoms with E-state index < -0.39 is 6.61 Å². The standard InChI is InChI=1S/C18H20F2N2O2/c1-2-3-13-4-8-15(9-5-13)22-18(23)21-12-14-6-10-16(11-7-14)24-17(19)20/h4-11,17H,2-3,12H2,1H3,(H2,21,22,23). The molecule has 0 bridgehead atoms. The smallest absolute Gasteiger partial charge is 0.387 e. The summed E-state index contributed by atoms with van der Waals surface area (Å²) in [7, 11) is 0. The molecule has 0 atom stereocenters. The Labute approximate surface area is 139 Å². The number of amides is 2. The Hall–Kier alpha value is -2.63. The average molecular weight is 334 g/mol. The zero-order valence-electron chi connectivity index (χ0n) is 13.4. The van der Waals surface area contributed by atoms with Gasteiger partial charge in [-0.15, -0.1) is 0 Å². The summed E-state index contributed by atoms with van der Waals surface area (Å²) in [4.78, 5) is 11.9. The molecule has 2 aromatic rings. The molecule has 0 saturated heterocycles. The van der Waals surface area contributed by atoms with Crippen LogP contribution in [0.5, 0.6) is 5.75 Å². The number of rotatable bonds is 7. The van der Waals surface area contributed by atoms with Gasteiger partial charge >= 0.3 is 12.6 Å². The SMILES string of the molecule is CCCc1ccc(NC(=O)NCc2ccc(OC(F)F)cc2)cc1. The second kappa shape index (κ2) is 8.86. The molecule has 0 heterocycles. The third-order valence-corrected chi connectivity index (χ3v) is 3.35. The van der Waals surface area contributed by atoms with E-state index in [0.29, 0.717) is 5.69 Å². The first-order valence-corrected chi connectivity index (χ1v) is 7.74. The normalized spacial score (nSPS) is 10.5. The zero-order valence-corrected chi connectivity index (χ0v) is 13.4. The van der Waals surface area contributed by atoms with Crippen molar-refractivity contribution < 1.29 is 18.3 Å². The molecule has 0 aliphatic heterocycles. The van der Waals surface area contributed by atoms with Crippen LogP contribution in [0.15, 0.2) is 48.5 Å². The molecular formula is C18H20F2N2O2. The van der Waals surface area contributed by atoms with E-state index in [2.05, 4.69) is 22.3 Å². The van der Waals surface area contributed by atoms with E-state index in [1.807, 2.05) is 24.3 Å². The van der Waals surface area contributed by atoms with Gasteiger partial charge in [0.25, 0.3) is 0 Å². The number of hydrogen-bond donors (Lipinski definition) is 2. The quantitative estimate of drug-likeness (QED) is 0.780. The first kappa shape index (κ1) is 17.7. The zero-order chi connectivity index (χ0) is 17.4. The van der Waals surface area contributed by atoms with Gasteiger partial charge in [0.1, 0.15) is 5.75 Å². The molecular weight excluding hydrogens is 314 g/mol. The molecule has 0 spiro atoms.